The number of aromatic amines is 1. The van der Waals surface area contributed by atoms with Gasteiger partial charge in [0.25, 0.3) is 0 Å². The van der Waals surface area contributed by atoms with E-state index in [0.29, 0.717) is 30.4 Å². The Morgan fingerprint density at radius 2 is 1.90 bits per heavy atom. The van der Waals surface area contributed by atoms with Gasteiger partial charge in [-0.1, -0.05) is 6.07 Å². The molecule has 0 atom stereocenters. The number of halogens is 1. The summed E-state index contributed by atoms with van der Waals surface area (Å²) in [6, 6.07) is 9.74. The summed E-state index contributed by atoms with van der Waals surface area (Å²) in [5.41, 5.74) is 2.98. The normalized spacial score (nSPS) is 16.3. The number of benzene rings is 1. The van der Waals surface area contributed by atoms with E-state index in [1.54, 1.807) is 11.1 Å². The van der Waals surface area contributed by atoms with Gasteiger partial charge in [0, 0.05) is 50.5 Å². The van der Waals surface area contributed by atoms with Crippen molar-refractivity contribution in [3.8, 4) is 11.3 Å². The summed E-state index contributed by atoms with van der Waals surface area (Å²) in [5, 5.41) is 6.44. The fraction of sp³-hybridized carbons (Fsp3) is 0.433. The molecule has 1 saturated heterocycles. The number of amides is 1. The van der Waals surface area contributed by atoms with Crippen LogP contribution >= 0.6 is 0 Å². The molecule has 1 aliphatic carbocycles. The molecule has 2 aliphatic rings. The van der Waals surface area contributed by atoms with Crippen LogP contribution in [0.3, 0.4) is 0 Å². The van der Waals surface area contributed by atoms with Crippen LogP contribution in [0, 0.1) is 5.82 Å². The molecule has 42 heavy (non-hydrogen) atoms. The molecule has 12 heteroatoms. The van der Waals surface area contributed by atoms with Crippen LogP contribution < -0.4 is 10.6 Å². The number of carbonyl (C=O) groups is 1. The summed E-state index contributed by atoms with van der Waals surface area (Å²) in [7, 11) is 0. The molecule has 0 radical (unpaired) electrons. The minimum Gasteiger partial charge on any atom is -0.444 e. The number of hydrogen-bond acceptors (Lipinski definition) is 9. The third kappa shape index (κ3) is 6.43. The number of rotatable bonds is 7. The predicted octanol–water partition coefficient (Wildman–Crippen LogP) is 5.31. The van der Waals surface area contributed by atoms with Crippen LogP contribution in [-0.4, -0.2) is 78.6 Å². The number of nitrogens with zero attached hydrogens (tertiary/aromatic N) is 6. The molecule has 1 amide bonds. The lowest BCUT2D eigenvalue weighted by Gasteiger charge is -2.35. The number of H-pyrrole nitrogens is 1. The van der Waals surface area contributed by atoms with Crippen LogP contribution in [0.1, 0.15) is 45.6 Å². The number of nitrogens with one attached hydrogen (secondary N) is 3. The van der Waals surface area contributed by atoms with Gasteiger partial charge in [-0.05, 0) is 69.9 Å². The first kappa shape index (κ1) is 27.8. The summed E-state index contributed by atoms with van der Waals surface area (Å²) in [6.07, 6.45) is 6.10. The summed E-state index contributed by atoms with van der Waals surface area (Å²) in [5.74, 6) is 0.988. The molecule has 11 nitrogen and oxygen atoms in total. The Kier molecular flexibility index (Phi) is 7.63. The van der Waals surface area contributed by atoms with Crippen molar-refractivity contribution in [3.63, 3.8) is 0 Å². The van der Waals surface area contributed by atoms with E-state index in [0.717, 1.165) is 55.5 Å². The summed E-state index contributed by atoms with van der Waals surface area (Å²) in [4.78, 5) is 37.1. The first-order chi connectivity index (χ1) is 20.2. The van der Waals surface area contributed by atoms with E-state index in [-0.39, 0.29) is 23.6 Å². The van der Waals surface area contributed by atoms with E-state index in [4.69, 9.17) is 4.74 Å². The van der Waals surface area contributed by atoms with Crippen LogP contribution in [0.2, 0.25) is 0 Å². The lowest BCUT2D eigenvalue weighted by atomic mass is 9.93. The van der Waals surface area contributed by atoms with Crippen molar-refractivity contribution in [2.45, 2.75) is 58.2 Å². The Bertz CT molecular complexity index is 1570. The Balaban J connectivity index is 1.09. The molecule has 0 bridgehead atoms. The van der Waals surface area contributed by atoms with Crippen molar-refractivity contribution in [3.05, 3.63) is 54.2 Å². The largest absolute Gasteiger partial charge is 0.444 e. The molecule has 4 heterocycles. The van der Waals surface area contributed by atoms with Crippen LogP contribution in [0.5, 0.6) is 0 Å². The molecule has 3 aromatic heterocycles. The Hall–Kier alpha value is -4.32. The number of pyridine rings is 1. The van der Waals surface area contributed by atoms with Crippen molar-refractivity contribution in [1.82, 2.24) is 34.7 Å². The maximum absolute atomic E-state index is 15.2. The summed E-state index contributed by atoms with van der Waals surface area (Å²) in [6.45, 7) is 9.16. The molecule has 1 aromatic carbocycles. The van der Waals surface area contributed by atoms with E-state index in [1.165, 1.54) is 6.33 Å². The number of ether oxygens (including phenoxy) is 1. The highest BCUT2D eigenvalue weighted by atomic mass is 19.1. The second-order valence-corrected chi connectivity index (χ2v) is 11.9. The molecule has 0 spiro atoms. The van der Waals surface area contributed by atoms with Gasteiger partial charge in [0.15, 0.2) is 11.6 Å². The van der Waals surface area contributed by atoms with E-state index >= 15 is 4.39 Å². The van der Waals surface area contributed by atoms with Gasteiger partial charge in [0.2, 0.25) is 5.95 Å². The average molecular weight is 574 g/mol. The smallest absolute Gasteiger partial charge is 0.410 e. The Morgan fingerprint density at radius 3 is 2.64 bits per heavy atom. The summed E-state index contributed by atoms with van der Waals surface area (Å²) >= 11 is 0. The van der Waals surface area contributed by atoms with Crippen molar-refractivity contribution in [2.75, 3.05) is 36.8 Å². The highest BCUT2D eigenvalue weighted by molar-refractivity contribution is 5.83. The van der Waals surface area contributed by atoms with Crippen molar-refractivity contribution < 1.29 is 13.9 Å². The molecule has 0 unspecified atom stereocenters. The van der Waals surface area contributed by atoms with Crippen LogP contribution in [0.25, 0.3) is 22.3 Å². The predicted molar refractivity (Wildman–Crippen MR) is 159 cm³/mol. The average Bonchev–Trinajstić information content (AvgIpc) is 3.32. The lowest BCUT2D eigenvalue weighted by molar-refractivity contribution is 0.0139. The molecular weight excluding hydrogens is 537 g/mol. The fourth-order valence-electron chi connectivity index (χ4n) is 5.07. The van der Waals surface area contributed by atoms with Gasteiger partial charge in [0.05, 0.1) is 11.0 Å². The Morgan fingerprint density at radius 1 is 1.10 bits per heavy atom. The molecule has 6 rings (SSSR count). The monoisotopic (exact) mass is 573 g/mol. The number of hydrogen-bond donors (Lipinski definition) is 3. The second kappa shape index (κ2) is 11.5. The minimum absolute atomic E-state index is 0.243. The zero-order chi connectivity index (χ0) is 29.3. The second-order valence-electron chi connectivity index (χ2n) is 11.9. The third-order valence-corrected chi connectivity index (χ3v) is 7.49. The maximum atomic E-state index is 15.2. The van der Waals surface area contributed by atoms with Gasteiger partial charge in [-0.25, -0.2) is 29.1 Å². The molecule has 3 N–H and O–H groups in total. The van der Waals surface area contributed by atoms with Gasteiger partial charge in [-0.3, -0.25) is 4.90 Å². The van der Waals surface area contributed by atoms with E-state index in [1.807, 2.05) is 51.1 Å². The quantitative estimate of drug-likeness (QED) is 0.270. The highest BCUT2D eigenvalue weighted by Crippen LogP contribution is 2.30. The first-order valence-electron chi connectivity index (χ1n) is 14.4. The highest BCUT2D eigenvalue weighted by Gasteiger charge is 2.26. The number of piperazine rings is 1. The van der Waals surface area contributed by atoms with Crippen LogP contribution in [0.4, 0.5) is 26.8 Å². The lowest BCUT2D eigenvalue weighted by Crippen LogP contribution is -2.49. The zero-order valence-electron chi connectivity index (χ0n) is 24.2. The van der Waals surface area contributed by atoms with Crippen LogP contribution in [0.15, 0.2) is 42.9 Å². The zero-order valence-corrected chi connectivity index (χ0v) is 24.2. The third-order valence-electron chi connectivity index (χ3n) is 7.49. The van der Waals surface area contributed by atoms with Gasteiger partial charge < -0.3 is 25.3 Å². The standard InChI is InChI=1S/C30H36FN9O2/c1-30(2,3)42-29(41)40-13-11-39(12-14-40)17-19-9-10-32-24(15-19)38-28-36-22-8-7-20(16-23(22)37-28)26-25(31)27(34-18-33-26)35-21-5-4-6-21/h7-10,15-16,18,21H,4-6,11-14,17H2,1-3H3,(H,33,34,35)(H2,32,36,37,38). The minimum atomic E-state index is -0.498. The van der Waals surface area contributed by atoms with Crippen molar-refractivity contribution in [2.24, 2.45) is 0 Å². The number of anilines is 3. The van der Waals surface area contributed by atoms with E-state index < -0.39 is 11.4 Å². The van der Waals surface area contributed by atoms with Gasteiger partial charge in [-0.2, -0.15) is 0 Å². The molecular formula is C30H36FN9O2. The molecule has 220 valence electrons. The molecule has 1 aliphatic heterocycles. The van der Waals surface area contributed by atoms with Gasteiger partial charge in [0.1, 0.15) is 23.4 Å². The van der Waals surface area contributed by atoms with Crippen molar-refractivity contribution >= 4 is 34.7 Å². The first-order valence-corrected chi connectivity index (χ1v) is 14.4. The van der Waals surface area contributed by atoms with Gasteiger partial charge in [-0.15, -0.1) is 0 Å². The number of aromatic nitrogens is 5. The maximum Gasteiger partial charge on any atom is 0.410 e. The number of imidazole rings is 1. The van der Waals surface area contributed by atoms with Crippen molar-refractivity contribution in [1.29, 1.82) is 0 Å². The van der Waals surface area contributed by atoms with E-state index in [2.05, 4.69) is 40.5 Å². The van der Waals surface area contributed by atoms with Gasteiger partial charge >= 0.3 is 6.09 Å². The summed E-state index contributed by atoms with van der Waals surface area (Å²) < 4.78 is 20.7. The van der Waals surface area contributed by atoms with Crippen LogP contribution in [-0.2, 0) is 11.3 Å². The molecule has 1 saturated carbocycles. The molecule has 2 fully saturated rings. The van der Waals surface area contributed by atoms with E-state index in [9.17, 15) is 4.79 Å². The SMILES string of the molecule is CC(C)(C)OC(=O)N1CCN(Cc2ccnc(Nc3nc4ccc(-c5ncnc(NC6CCC6)c5F)cc4[nH]3)c2)CC1. The number of carbonyl (C=O) groups excluding carboxylic acids is 1. The Labute approximate surface area is 243 Å². The molecule has 4 aromatic rings. The topological polar surface area (TPSA) is 124 Å². The number of fused-ring (bicyclic) bond motifs is 1. The fourth-order valence-corrected chi connectivity index (χ4v) is 5.07.